The standard InChI is InChI=1S/C17H21NO5/c1-3-14(17(20)21)23-15-7-5-6-13-12(15)8-9-18(16(13)19)10-11-22-4-2/h5-9,14H,3-4,10-11H2,1-2H3,(H,20,21). The van der Waals surface area contributed by atoms with Crippen molar-refractivity contribution >= 4 is 16.7 Å². The number of nitrogens with zero attached hydrogens (tertiary/aromatic N) is 1. The molecule has 1 unspecified atom stereocenters. The molecule has 0 amide bonds. The zero-order chi connectivity index (χ0) is 16.8. The summed E-state index contributed by atoms with van der Waals surface area (Å²) >= 11 is 0. The summed E-state index contributed by atoms with van der Waals surface area (Å²) < 4.78 is 12.4. The zero-order valence-corrected chi connectivity index (χ0v) is 13.3. The fourth-order valence-electron chi connectivity index (χ4n) is 2.34. The topological polar surface area (TPSA) is 77.8 Å². The monoisotopic (exact) mass is 319 g/mol. The number of aliphatic carboxylic acids is 1. The third-order valence-corrected chi connectivity index (χ3v) is 3.57. The second-order valence-electron chi connectivity index (χ2n) is 5.08. The van der Waals surface area contributed by atoms with Crippen LogP contribution in [-0.4, -0.2) is 35.0 Å². The third-order valence-electron chi connectivity index (χ3n) is 3.57. The lowest BCUT2D eigenvalue weighted by atomic mass is 10.1. The van der Waals surface area contributed by atoms with Crippen LogP contribution in [-0.2, 0) is 16.1 Å². The van der Waals surface area contributed by atoms with Crippen LogP contribution in [0.2, 0.25) is 0 Å². The average molecular weight is 319 g/mol. The van der Waals surface area contributed by atoms with Crippen LogP contribution in [0.5, 0.6) is 5.75 Å². The van der Waals surface area contributed by atoms with E-state index in [1.165, 1.54) is 0 Å². The van der Waals surface area contributed by atoms with E-state index in [2.05, 4.69) is 0 Å². The van der Waals surface area contributed by atoms with Gasteiger partial charge in [0.2, 0.25) is 0 Å². The first-order chi connectivity index (χ1) is 11.1. The highest BCUT2D eigenvalue weighted by Gasteiger charge is 2.18. The fraction of sp³-hybridized carbons (Fsp3) is 0.412. The SMILES string of the molecule is CCOCCn1ccc2c(OC(CC)C(=O)O)cccc2c1=O. The Morgan fingerprint density at radius 1 is 1.26 bits per heavy atom. The number of carboxylic acid groups (broad SMARTS) is 1. The predicted octanol–water partition coefficient (Wildman–Crippen LogP) is 2.28. The molecule has 6 heteroatoms. The van der Waals surface area contributed by atoms with Crippen LogP contribution < -0.4 is 10.3 Å². The number of carbonyl (C=O) groups is 1. The summed E-state index contributed by atoms with van der Waals surface area (Å²) in [5.74, 6) is -0.611. The smallest absolute Gasteiger partial charge is 0.344 e. The van der Waals surface area contributed by atoms with Crippen LogP contribution >= 0.6 is 0 Å². The van der Waals surface area contributed by atoms with Gasteiger partial charge in [-0.1, -0.05) is 13.0 Å². The van der Waals surface area contributed by atoms with Gasteiger partial charge in [0.15, 0.2) is 6.10 Å². The van der Waals surface area contributed by atoms with E-state index in [-0.39, 0.29) is 5.56 Å². The molecule has 0 aliphatic carbocycles. The van der Waals surface area contributed by atoms with E-state index in [1.807, 2.05) is 6.92 Å². The van der Waals surface area contributed by atoms with Gasteiger partial charge in [0.1, 0.15) is 5.75 Å². The fourth-order valence-corrected chi connectivity index (χ4v) is 2.34. The number of ether oxygens (including phenoxy) is 2. The first-order valence-electron chi connectivity index (χ1n) is 7.67. The van der Waals surface area contributed by atoms with Crippen molar-refractivity contribution in [3.63, 3.8) is 0 Å². The first kappa shape index (κ1) is 17.0. The van der Waals surface area contributed by atoms with Gasteiger partial charge in [0.25, 0.3) is 5.56 Å². The molecule has 124 valence electrons. The molecule has 0 saturated heterocycles. The van der Waals surface area contributed by atoms with Gasteiger partial charge in [-0.25, -0.2) is 4.79 Å². The Morgan fingerprint density at radius 3 is 2.70 bits per heavy atom. The van der Waals surface area contributed by atoms with Crippen molar-refractivity contribution in [2.24, 2.45) is 0 Å². The molecular weight excluding hydrogens is 298 g/mol. The minimum atomic E-state index is -1.02. The summed E-state index contributed by atoms with van der Waals surface area (Å²) in [7, 11) is 0. The molecule has 23 heavy (non-hydrogen) atoms. The van der Waals surface area contributed by atoms with Crippen LogP contribution in [0.1, 0.15) is 20.3 Å². The van der Waals surface area contributed by atoms with Crippen molar-refractivity contribution in [2.75, 3.05) is 13.2 Å². The molecule has 0 fully saturated rings. The summed E-state index contributed by atoms with van der Waals surface area (Å²) in [4.78, 5) is 23.6. The van der Waals surface area contributed by atoms with Crippen LogP contribution in [0.25, 0.3) is 10.8 Å². The molecule has 0 aliphatic heterocycles. The molecule has 1 N–H and O–H groups in total. The summed E-state index contributed by atoms with van der Waals surface area (Å²) in [6.45, 7) is 5.19. The Morgan fingerprint density at radius 2 is 2.04 bits per heavy atom. The first-order valence-corrected chi connectivity index (χ1v) is 7.67. The van der Waals surface area contributed by atoms with Gasteiger partial charge in [-0.2, -0.15) is 0 Å². The summed E-state index contributed by atoms with van der Waals surface area (Å²) in [5.41, 5.74) is -0.143. The molecule has 2 rings (SSSR count). The van der Waals surface area contributed by atoms with Crippen molar-refractivity contribution in [3.05, 3.63) is 40.8 Å². The quantitative estimate of drug-likeness (QED) is 0.755. The largest absolute Gasteiger partial charge is 0.479 e. The molecular formula is C17H21NO5. The summed E-state index contributed by atoms with van der Waals surface area (Å²) in [6, 6.07) is 6.86. The number of aromatic nitrogens is 1. The number of pyridine rings is 1. The number of benzene rings is 1. The zero-order valence-electron chi connectivity index (χ0n) is 13.3. The van der Waals surface area contributed by atoms with E-state index in [0.717, 1.165) is 0 Å². The number of hydrogen-bond donors (Lipinski definition) is 1. The van der Waals surface area contributed by atoms with Gasteiger partial charge in [0.05, 0.1) is 12.0 Å². The maximum Gasteiger partial charge on any atom is 0.344 e. The van der Waals surface area contributed by atoms with Gasteiger partial charge < -0.3 is 19.1 Å². The molecule has 1 aromatic heterocycles. The molecule has 1 aromatic carbocycles. The van der Waals surface area contributed by atoms with E-state index in [9.17, 15) is 9.59 Å². The Balaban J connectivity index is 2.37. The van der Waals surface area contributed by atoms with Crippen molar-refractivity contribution in [1.82, 2.24) is 4.57 Å². The Labute approximate surface area is 134 Å². The van der Waals surface area contributed by atoms with Crippen LogP contribution in [0.4, 0.5) is 0 Å². The molecule has 0 radical (unpaired) electrons. The minimum Gasteiger partial charge on any atom is -0.479 e. The van der Waals surface area contributed by atoms with Gasteiger partial charge in [0, 0.05) is 24.7 Å². The van der Waals surface area contributed by atoms with Gasteiger partial charge in [-0.15, -0.1) is 0 Å². The predicted molar refractivity (Wildman–Crippen MR) is 87.0 cm³/mol. The van der Waals surface area contributed by atoms with Gasteiger partial charge in [-0.3, -0.25) is 4.79 Å². The number of hydrogen-bond acceptors (Lipinski definition) is 4. The lowest BCUT2D eigenvalue weighted by molar-refractivity contribution is -0.145. The lowest BCUT2D eigenvalue weighted by Crippen LogP contribution is -2.26. The van der Waals surface area contributed by atoms with Gasteiger partial charge >= 0.3 is 5.97 Å². The molecule has 0 aliphatic rings. The van der Waals surface area contributed by atoms with E-state index in [1.54, 1.807) is 42.0 Å². The molecule has 0 saturated carbocycles. The second-order valence-corrected chi connectivity index (χ2v) is 5.08. The highest BCUT2D eigenvalue weighted by atomic mass is 16.5. The van der Waals surface area contributed by atoms with E-state index >= 15 is 0 Å². The molecule has 1 atom stereocenters. The molecule has 0 spiro atoms. The highest BCUT2D eigenvalue weighted by Crippen LogP contribution is 2.24. The van der Waals surface area contributed by atoms with Crippen molar-refractivity contribution in [3.8, 4) is 5.75 Å². The molecule has 6 nitrogen and oxygen atoms in total. The van der Waals surface area contributed by atoms with Crippen molar-refractivity contribution in [1.29, 1.82) is 0 Å². The van der Waals surface area contributed by atoms with E-state index in [4.69, 9.17) is 14.6 Å². The van der Waals surface area contributed by atoms with Crippen LogP contribution in [0.3, 0.4) is 0 Å². The maximum absolute atomic E-state index is 12.5. The second kappa shape index (κ2) is 7.78. The summed E-state index contributed by atoms with van der Waals surface area (Å²) in [6.07, 6.45) is 1.09. The van der Waals surface area contributed by atoms with Crippen molar-refractivity contribution < 1.29 is 19.4 Å². The minimum absolute atomic E-state index is 0.143. The lowest BCUT2D eigenvalue weighted by Gasteiger charge is -2.15. The molecule has 0 bridgehead atoms. The highest BCUT2D eigenvalue weighted by molar-refractivity contribution is 5.87. The average Bonchev–Trinajstić information content (AvgIpc) is 2.54. The number of carboxylic acids is 1. The van der Waals surface area contributed by atoms with E-state index in [0.29, 0.717) is 42.7 Å². The third kappa shape index (κ3) is 3.90. The Kier molecular flexibility index (Phi) is 5.76. The maximum atomic E-state index is 12.5. The number of fused-ring (bicyclic) bond motifs is 1. The van der Waals surface area contributed by atoms with E-state index < -0.39 is 12.1 Å². The molecule has 1 heterocycles. The van der Waals surface area contributed by atoms with Gasteiger partial charge in [-0.05, 0) is 31.5 Å². The Hall–Kier alpha value is -2.34. The van der Waals surface area contributed by atoms with Crippen molar-refractivity contribution in [2.45, 2.75) is 32.9 Å². The van der Waals surface area contributed by atoms with Crippen LogP contribution in [0.15, 0.2) is 35.3 Å². The normalized spacial score (nSPS) is 12.3. The Bertz CT molecular complexity index is 737. The summed E-state index contributed by atoms with van der Waals surface area (Å²) in [5, 5.41) is 10.2. The number of rotatable bonds is 8. The van der Waals surface area contributed by atoms with Crippen LogP contribution in [0, 0.1) is 0 Å². The molecule has 2 aromatic rings.